The first-order valence-electron chi connectivity index (χ1n) is 23.0. The number of ether oxygens (including phenoxy) is 1. The second-order valence-electron chi connectivity index (χ2n) is 18.7. The number of benzene rings is 2. The minimum atomic E-state index is -0.976. The zero-order chi connectivity index (χ0) is 46.0. The molecule has 0 bridgehead atoms. The summed E-state index contributed by atoms with van der Waals surface area (Å²) in [5.41, 5.74) is 2.91. The third kappa shape index (κ3) is 7.81. The molecule has 346 valence electrons. The highest BCUT2D eigenvalue weighted by Crippen LogP contribution is 2.45. The molecule has 19 heteroatoms. The van der Waals surface area contributed by atoms with Crippen LogP contribution in [0.4, 0.5) is 23.1 Å². The van der Waals surface area contributed by atoms with Crippen LogP contribution in [-0.4, -0.2) is 142 Å². The Morgan fingerprint density at radius 2 is 1.62 bits per heavy atom. The van der Waals surface area contributed by atoms with Gasteiger partial charge in [0, 0.05) is 99.7 Å². The van der Waals surface area contributed by atoms with Crippen LogP contribution in [0.1, 0.15) is 85.6 Å². The van der Waals surface area contributed by atoms with Gasteiger partial charge in [-0.1, -0.05) is 11.6 Å². The highest BCUT2D eigenvalue weighted by Gasteiger charge is 2.56. The minimum absolute atomic E-state index is 0.0906. The summed E-state index contributed by atoms with van der Waals surface area (Å²) in [6, 6.07) is 12.6. The van der Waals surface area contributed by atoms with Gasteiger partial charge in [0.1, 0.15) is 11.1 Å². The number of hydrogen-bond acceptors (Lipinski definition) is 14. The Bertz CT molecular complexity index is 2710. The fourth-order valence-corrected chi connectivity index (χ4v) is 11.1. The fourth-order valence-electron chi connectivity index (χ4n) is 10.9. The zero-order valence-electron chi connectivity index (χ0n) is 37.3. The van der Waals surface area contributed by atoms with Gasteiger partial charge in [0.2, 0.25) is 17.8 Å². The number of rotatable bonds is 11. The first-order chi connectivity index (χ1) is 31.8. The molecule has 6 aliphatic rings. The number of carbonyl (C=O) groups excluding carboxylic acids is 5. The summed E-state index contributed by atoms with van der Waals surface area (Å²) in [6.07, 6.45) is 7.12. The molecule has 1 unspecified atom stereocenters. The van der Waals surface area contributed by atoms with Crippen molar-refractivity contribution in [1.82, 2.24) is 39.9 Å². The SMILES string of the molecule is CNC(=O)COc1cc2cc(Nc3nc(N4CCC(N5CCC56CN(C5CCN(c7ccc8c(c7)C(=O)N(C7CCC(=O)NC7=O)C8=O)CC5)C6)CC4)ncc3Cl)ccc2n(C(C)C)c1=O. The number of nitrogens with one attached hydrogen (secondary N) is 3. The van der Waals surface area contributed by atoms with Crippen molar-refractivity contribution in [3.05, 3.63) is 75.2 Å². The van der Waals surface area contributed by atoms with Crippen molar-refractivity contribution < 1.29 is 28.7 Å². The van der Waals surface area contributed by atoms with E-state index in [9.17, 15) is 28.8 Å². The van der Waals surface area contributed by atoms with Crippen LogP contribution in [0.15, 0.2) is 53.5 Å². The van der Waals surface area contributed by atoms with Crippen LogP contribution >= 0.6 is 11.6 Å². The standard InChI is InChI=1S/C47H54ClN11O7/c1-27(2)58-36-7-4-29(20-28(36)21-38(45(58)65)66-24-40(61)49-3)51-41-35(48)23-50-46(53-41)55-17-12-31(13-18-55)57-19-14-47(57)25-56(26-47)30-10-15-54(16-11-30)32-5-6-33-34(22-32)44(64)59(43(33)63)37-8-9-39(60)52-42(37)62/h4-7,20-23,27,30-31,37H,8-19,24-26H2,1-3H3,(H,49,61)(H,50,51,53)(H,52,60,62). The van der Waals surface area contributed by atoms with Gasteiger partial charge in [-0.3, -0.25) is 48.8 Å². The number of anilines is 4. The molecule has 2 aromatic heterocycles. The van der Waals surface area contributed by atoms with Crippen molar-refractivity contribution in [1.29, 1.82) is 0 Å². The van der Waals surface area contributed by atoms with Crippen LogP contribution < -0.4 is 36.0 Å². The Morgan fingerprint density at radius 1 is 0.894 bits per heavy atom. The molecule has 1 atom stereocenters. The van der Waals surface area contributed by atoms with Gasteiger partial charge in [0.05, 0.1) is 22.8 Å². The number of likely N-dealkylation sites (N-methyl/N-ethyl adjacent to an activating group) is 1. The van der Waals surface area contributed by atoms with Gasteiger partial charge in [-0.15, -0.1) is 0 Å². The summed E-state index contributed by atoms with van der Waals surface area (Å²) in [5, 5.41) is 9.27. The molecule has 18 nitrogen and oxygen atoms in total. The molecule has 5 amide bonds. The van der Waals surface area contributed by atoms with Crippen LogP contribution in [0.25, 0.3) is 10.9 Å². The van der Waals surface area contributed by atoms with Crippen molar-refractivity contribution in [3.8, 4) is 5.75 Å². The Balaban J connectivity index is 0.722. The van der Waals surface area contributed by atoms with Crippen molar-refractivity contribution in [3.63, 3.8) is 0 Å². The van der Waals surface area contributed by atoms with Crippen molar-refractivity contribution in [2.45, 2.75) is 88.5 Å². The van der Waals surface area contributed by atoms with E-state index in [2.05, 4.69) is 40.5 Å². The lowest BCUT2D eigenvalue weighted by molar-refractivity contribution is -0.160. The molecular weight excluding hydrogens is 866 g/mol. The van der Waals surface area contributed by atoms with Gasteiger partial charge < -0.3 is 29.7 Å². The molecule has 0 saturated carbocycles. The van der Waals surface area contributed by atoms with Crippen molar-refractivity contribution in [2.75, 3.05) is 74.6 Å². The van der Waals surface area contributed by atoms with Gasteiger partial charge in [0.15, 0.2) is 18.2 Å². The highest BCUT2D eigenvalue weighted by molar-refractivity contribution is 6.33. The van der Waals surface area contributed by atoms with E-state index in [1.165, 1.54) is 13.5 Å². The Labute approximate surface area is 386 Å². The second kappa shape index (κ2) is 17.3. The Kier molecular flexibility index (Phi) is 11.5. The lowest BCUT2D eigenvalue weighted by atomic mass is 9.74. The van der Waals surface area contributed by atoms with Crippen LogP contribution in [0.2, 0.25) is 5.02 Å². The number of halogens is 1. The average molecular weight is 920 g/mol. The summed E-state index contributed by atoms with van der Waals surface area (Å²) in [6.45, 7) is 10.2. The number of amides is 5. The molecule has 2 aromatic carbocycles. The molecule has 6 aliphatic heterocycles. The number of fused-ring (bicyclic) bond motifs is 2. The largest absolute Gasteiger partial charge is 0.478 e. The lowest BCUT2D eigenvalue weighted by Gasteiger charge is -2.67. The normalized spacial score (nSPS) is 21.6. The summed E-state index contributed by atoms with van der Waals surface area (Å²) in [7, 11) is 1.52. The first kappa shape index (κ1) is 43.8. The number of piperidine rings is 3. The zero-order valence-corrected chi connectivity index (χ0v) is 38.1. The average Bonchev–Trinajstić information content (AvgIpc) is 3.53. The number of hydrogen-bond donors (Lipinski definition) is 3. The number of pyridine rings is 1. The van der Waals surface area contributed by atoms with Gasteiger partial charge >= 0.3 is 0 Å². The molecule has 10 rings (SSSR count). The third-order valence-electron chi connectivity index (χ3n) is 14.5. The van der Waals surface area contributed by atoms with Crippen molar-refractivity contribution >= 4 is 75.2 Å². The van der Waals surface area contributed by atoms with E-state index < -0.39 is 29.7 Å². The predicted octanol–water partition coefficient (Wildman–Crippen LogP) is 3.69. The van der Waals surface area contributed by atoms with E-state index in [1.807, 2.05) is 38.1 Å². The van der Waals surface area contributed by atoms with Crippen LogP contribution in [0.5, 0.6) is 5.75 Å². The van der Waals surface area contributed by atoms with Crippen LogP contribution in [0, 0.1) is 0 Å². The Morgan fingerprint density at radius 3 is 2.32 bits per heavy atom. The second-order valence-corrected chi connectivity index (χ2v) is 19.1. The summed E-state index contributed by atoms with van der Waals surface area (Å²) >= 11 is 6.65. The summed E-state index contributed by atoms with van der Waals surface area (Å²) in [5.74, 6) is -1.10. The van der Waals surface area contributed by atoms with Gasteiger partial charge in [0.25, 0.3) is 23.3 Å². The molecule has 0 radical (unpaired) electrons. The van der Waals surface area contributed by atoms with E-state index in [0.717, 1.165) is 98.7 Å². The van der Waals surface area contributed by atoms with Gasteiger partial charge in [-0.25, -0.2) is 4.98 Å². The first-order valence-corrected chi connectivity index (χ1v) is 23.4. The maximum Gasteiger partial charge on any atom is 0.293 e. The van der Waals surface area contributed by atoms with E-state index in [1.54, 1.807) is 29.0 Å². The minimum Gasteiger partial charge on any atom is -0.478 e. The number of imide groups is 2. The van der Waals surface area contributed by atoms with Crippen LogP contribution in [-0.2, 0) is 14.4 Å². The predicted molar refractivity (Wildman–Crippen MR) is 248 cm³/mol. The molecule has 1 spiro atoms. The van der Waals surface area contributed by atoms with E-state index >= 15 is 0 Å². The van der Waals surface area contributed by atoms with Crippen LogP contribution in [0.3, 0.4) is 0 Å². The summed E-state index contributed by atoms with van der Waals surface area (Å²) < 4.78 is 7.29. The maximum absolute atomic E-state index is 13.4. The fraction of sp³-hybridized carbons (Fsp3) is 0.489. The van der Waals surface area contributed by atoms with Gasteiger partial charge in [-0.2, -0.15) is 4.98 Å². The number of nitrogens with zero attached hydrogens (tertiary/aromatic N) is 8. The molecule has 66 heavy (non-hydrogen) atoms. The van der Waals surface area contributed by atoms with E-state index in [4.69, 9.17) is 21.3 Å². The molecule has 5 fully saturated rings. The topological polar surface area (TPSA) is 195 Å². The molecule has 5 saturated heterocycles. The molecular formula is C47H54ClN11O7. The quantitative estimate of drug-likeness (QED) is 0.185. The molecule has 8 heterocycles. The van der Waals surface area contributed by atoms with E-state index in [-0.39, 0.29) is 48.2 Å². The monoisotopic (exact) mass is 919 g/mol. The number of likely N-dealkylation sites (tertiary alicyclic amines) is 2. The number of aromatic nitrogens is 3. The van der Waals surface area contributed by atoms with Crippen molar-refractivity contribution in [2.24, 2.45) is 0 Å². The number of carbonyl (C=O) groups is 5. The molecule has 3 N–H and O–H groups in total. The maximum atomic E-state index is 13.4. The molecule has 4 aromatic rings. The van der Waals surface area contributed by atoms with E-state index in [0.29, 0.717) is 40.0 Å². The lowest BCUT2D eigenvalue weighted by Crippen LogP contribution is -2.80. The molecule has 0 aliphatic carbocycles. The van der Waals surface area contributed by atoms with Gasteiger partial charge in [-0.05, 0) is 94.8 Å². The Hall–Kier alpha value is -6.11. The highest BCUT2D eigenvalue weighted by atomic mass is 35.5. The third-order valence-corrected chi connectivity index (χ3v) is 14.8. The summed E-state index contributed by atoms with van der Waals surface area (Å²) in [4.78, 5) is 96.4. The smallest absolute Gasteiger partial charge is 0.293 e.